The summed E-state index contributed by atoms with van der Waals surface area (Å²) in [6.07, 6.45) is 1.62. The minimum atomic E-state index is -3.85. The van der Waals surface area contributed by atoms with E-state index >= 15 is 0 Å². The molecular weight excluding hydrogens is 359 g/mol. The molecule has 0 saturated carbocycles. The number of aromatic nitrogens is 1. The Morgan fingerprint density at radius 1 is 1.12 bits per heavy atom. The van der Waals surface area contributed by atoms with E-state index in [0.29, 0.717) is 16.9 Å². The number of nitrogens with zero attached hydrogens (tertiary/aromatic N) is 1. The number of carboxylic acid groups (broad SMARTS) is 1. The summed E-state index contributed by atoms with van der Waals surface area (Å²) in [5, 5.41) is 9.22. The van der Waals surface area contributed by atoms with Gasteiger partial charge in [-0.05, 0) is 67.1 Å². The van der Waals surface area contributed by atoms with Crippen LogP contribution in [0.25, 0.3) is 5.69 Å². The van der Waals surface area contributed by atoms with Crippen molar-refractivity contribution in [2.45, 2.75) is 11.8 Å². The van der Waals surface area contributed by atoms with Gasteiger partial charge in [0.25, 0.3) is 10.0 Å². The van der Waals surface area contributed by atoms with Gasteiger partial charge in [-0.15, -0.1) is 0 Å². The quantitative estimate of drug-likeness (QED) is 0.716. The van der Waals surface area contributed by atoms with Crippen LogP contribution in [0.15, 0.2) is 65.7 Å². The van der Waals surface area contributed by atoms with Gasteiger partial charge in [0.1, 0.15) is 11.5 Å². The van der Waals surface area contributed by atoms with Crippen LogP contribution in [-0.2, 0) is 10.0 Å². The van der Waals surface area contributed by atoms with Gasteiger partial charge in [0.15, 0.2) is 0 Å². The number of benzene rings is 2. The Morgan fingerprint density at radius 3 is 2.42 bits per heavy atom. The van der Waals surface area contributed by atoms with E-state index in [-0.39, 0.29) is 10.6 Å². The van der Waals surface area contributed by atoms with Crippen LogP contribution in [0, 0.1) is 12.7 Å². The first-order valence-electron chi connectivity index (χ1n) is 7.58. The highest BCUT2D eigenvalue weighted by Gasteiger charge is 2.16. The first-order chi connectivity index (χ1) is 12.3. The van der Waals surface area contributed by atoms with E-state index in [1.54, 1.807) is 31.3 Å². The third-order valence-electron chi connectivity index (χ3n) is 3.80. The van der Waals surface area contributed by atoms with E-state index < -0.39 is 21.8 Å². The number of nitrogens with one attached hydrogen (secondary N) is 1. The molecule has 1 aromatic heterocycles. The molecule has 0 amide bonds. The number of carboxylic acids is 1. The van der Waals surface area contributed by atoms with Crippen LogP contribution >= 0.6 is 0 Å². The zero-order valence-corrected chi connectivity index (χ0v) is 14.5. The molecule has 3 rings (SSSR count). The summed E-state index contributed by atoms with van der Waals surface area (Å²) in [5.41, 5.74) is 1.73. The zero-order valence-electron chi connectivity index (χ0n) is 13.7. The minimum absolute atomic E-state index is 0.0563. The summed E-state index contributed by atoms with van der Waals surface area (Å²) >= 11 is 0. The van der Waals surface area contributed by atoms with Crippen LogP contribution in [0.2, 0.25) is 0 Å². The van der Waals surface area contributed by atoms with E-state index in [1.165, 1.54) is 28.8 Å². The predicted molar refractivity (Wildman–Crippen MR) is 94.7 cm³/mol. The highest BCUT2D eigenvalue weighted by molar-refractivity contribution is 7.92. The molecule has 0 aliphatic carbocycles. The van der Waals surface area contributed by atoms with Gasteiger partial charge in [0, 0.05) is 17.6 Å². The zero-order chi connectivity index (χ0) is 18.9. The molecule has 2 N–H and O–H groups in total. The van der Waals surface area contributed by atoms with E-state index in [9.17, 15) is 22.7 Å². The van der Waals surface area contributed by atoms with Crippen molar-refractivity contribution in [2.75, 3.05) is 4.72 Å². The average Bonchev–Trinajstić information content (AvgIpc) is 3.04. The standard InChI is InChI=1S/C18H15FN2O4S/c1-12-11-14(20-26(24,25)15-7-4-13(19)5-8-15)6-9-16(12)21-10-2-3-17(21)18(22)23/h2-11,20H,1H3,(H,22,23). The lowest BCUT2D eigenvalue weighted by Gasteiger charge is -2.13. The Bertz CT molecular complexity index is 1070. The molecule has 0 fully saturated rings. The molecule has 2 aromatic carbocycles. The number of halogens is 1. The number of aromatic carboxylic acids is 1. The molecule has 0 radical (unpaired) electrons. The molecule has 8 heteroatoms. The largest absolute Gasteiger partial charge is 0.477 e. The van der Waals surface area contributed by atoms with Crippen molar-refractivity contribution in [1.29, 1.82) is 0 Å². The second-order valence-corrected chi connectivity index (χ2v) is 7.31. The van der Waals surface area contributed by atoms with E-state index in [1.807, 2.05) is 0 Å². The van der Waals surface area contributed by atoms with Crippen LogP contribution in [0.4, 0.5) is 10.1 Å². The van der Waals surface area contributed by atoms with Crippen molar-refractivity contribution in [2.24, 2.45) is 0 Å². The third-order valence-corrected chi connectivity index (χ3v) is 5.20. The Kier molecular flexibility index (Phi) is 4.52. The second kappa shape index (κ2) is 6.64. The van der Waals surface area contributed by atoms with Gasteiger partial charge in [-0.1, -0.05) is 0 Å². The number of carbonyl (C=O) groups is 1. The summed E-state index contributed by atoms with van der Waals surface area (Å²) < 4.78 is 41.6. The molecule has 3 aromatic rings. The number of sulfonamides is 1. The number of aryl methyl sites for hydroxylation is 1. The molecule has 26 heavy (non-hydrogen) atoms. The van der Waals surface area contributed by atoms with Crippen LogP contribution in [0.5, 0.6) is 0 Å². The fraction of sp³-hybridized carbons (Fsp3) is 0.0556. The Hall–Kier alpha value is -3.13. The third kappa shape index (κ3) is 3.45. The van der Waals surface area contributed by atoms with Crippen LogP contribution in [0.3, 0.4) is 0 Å². The fourth-order valence-electron chi connectivity index (χ4n) is 2.58. The lowest BCUT2D eigenvalue weighted by Crippen LogP contribution is -2.13. The maximum Gasteiger partial charge on any atom is 0.352 e. The Balaban J connectivity index is 1.91. The average molecular weight is 374 g/mol. The van der Waals surface area contributed by atoms with Crippen molar-refractivity contribution in [3.05, 3.63) is 77.9 Å². The normalized spacial score (nSPS) is 11.3. The van der Waals surface area contributed by atoms with Gasteiger partial charge in [0.05, 0.1) is 4.90 Å². The topological polar surface area (TPSA) is 88.4 Å². The van der Waals surface area contributed by atoms with Gasteiger partial charge < -0.3 is 9.67 Å². The SMILES string of the molecule is Cc1cc(NS(=O)(=O)c2ccc(F)cc2)ccc1-n1cccc1C(=O)O. The summed E-state index contributed by atoms with van der Waals surface area (Å²) in [7, 11) is -3.85. The van der Waals surface area contributed by atoms with Gasteiger partial charge in [0.2, 0.25) is 0 Å². The van der Waals surface area contributed by atoms with Crippen molar-refractivity contribution >= 4 is 21.7 Å². The molecule has 0 aliphatic rings. The molecule has 0 saturated heterocycles. The van der Waals surface area contributed by atoms with Crippen LogP contribution in [0.1, 0.15) is 16.1 Å². The number of rotatable bonds is 5. The minimum Gasteiger partial charge on any atom is -0.477 e. The van der Waals surface area contributed by atoms with Crippen molar-refractivity contribution in [3.8, 4) is 5.69 Å². The smallest absolute Gasteiger partial charge is 0.352 e. The Labute approximate surface area is 149 Å². The van der Waals surface area contributed by atoms with Crippen molar-refractivity contribution in [1.82, 2.24) is 4.57 Å². The van der Waals surface area contributed by atoms with Gasteiger partial charge in [-0.3, -0.25) is 4.72 Å². The van der Waals surface area contributed by atoms with Gasteiger partial charge >= 0.3 is 5.97 Å². The van der Waals surface area contributed by atoms with Gasteiger partial charge in [-0.25, -0.2) is 17.6 Å². The molecule has 0 atom stereocenters. The molecule has 0 unspecified atom stereocenters. The summed E-state index contributed by atoms with van der Waals surface area (Å²) in [5.74, 6) is -1.58. The number of anilines is 1. The van der Waals surface area contributed by atoms with Crippen LogP contribution in [-0.4, -0.2) is 24.1 Å². The summed E-state index contributed by atoms with van der Waals surface area (Å²) in [4.78, 5) is 11.2. The summed E-state index contributed by atoms with van der Waals surface area (Å²) in [6.45, 7) is 1.75. The highest BCUT2D eigenvalue weighted by Crippen LogP contribution is 2.23. The number of hydrogen-bond acceptors (Lipinski definition) is 3. The van der Waals surface area contributed by atoms with Gasteiger partial charge in [-0.2, -0.15) is 0 Å². The van der Waals surface area contributed by atoms with E-state index in [4.69, 9.17) is 0 Å². The van der Waals surface area contributed by atoms with Crippen LogP contribution < -0.4 is 4.72 Å². The molecule has 134 valence electrons. The maximum atomic E-state index is 13.0. The number of hydrogen-bond donors (Lipinski definition) is 2. The fourth-order valence-corrected chi connectivity index (χ4v) is 3.63. The maximum absolute atomic E-state index is 13.0. The predicted octanol–water partition coefficient (Wildman–Crippen LogP) is 3.42. The molecule has 0 aliphatic heterocycles. The highest BCUT2D eigenvalue weighted by atomic mass is 32.2. The van der Waals surface area contributed by atoms with Crippen molar-refractivity contribution in [3.63, 3.8) is 0 Å². The second-order valence-electron chi connectivity index (χ2n) is 5.63. The Morgan fingerprint density at radius 2 is 1.81 bits per heavy atom. The van der Waals surface area contributed by atoms with Crippen molar-refractivity contribution < 1.29 is 22.7 Å². The first kappa shape index (κ1) is 17.7. The lowest BCUT2D eigenvalue weighted by molar-refractivity contribution is 0.0688. The molecule has 6 nitrogen and oxygen atoms in total. The summed E-state index contributed by atoms with van der Waals surface area (Å²) in [6, 6.07) is 12.4. The molecular formula is C18H15FN2O4S. The van der Waals surface area contributed by atoms with E-state index in [2.05, 4.69) is 4.72 Å². The lowest BCUT2D eigenvalue weighted by atomic mass is 10.1. The monoisotopic (exact) mass is 374 g/mol. The molecule has 1 heterocycles. The van der Waals surface area contributed by atoms with E-state index in [0.717, 1.165) is 12.1 Å². The first-order valence-corrected chi connectivity index (χ1v) is 9.06. The molecule has 0 spiro atoms. The molecule has 0 bridgehead atoms.